The standard InChI is InChI=1S/C17H15ClF3N7O2/c1-28-9-4-8(18)16(30-3)24-11(9)10(7-5-22-23-6-7)12(28)14-25-15(27-26-14)13(29-2)17(19,20)21/h4-6,13H,1-3H3,(H,22,23)(H,25,26,27)/t13-/m1/s1. The predicted octanol–water partition coefficient (Wildman–Crippen LogP) is 3.66. The van der Waals surface area contributed by atoms with Crippen LogP contribution < -0.4 is 4.74 Å². The molecular weight excluding hydrogens is 427 g/mol. The van der Waals surface area contributed by atoms with Crippen LogP contribution in [0, 0.1) is 0 Å². The van der Waals surface area contributed by atoms with Crippen molar-refractivity contribution in [3.8, 4) is 28.5 Å². The fourth-order valence-corrected chi connectivity index (χ4v) is 3.51. The summed E-state index contributed by atoms with van der Waals surface area (Å²) in [7, 11) is 4.10. The highest BCUT2D eigenvalue weighted by Gasteiger charge is 2.44. The summed E-state index contributed by atoms with van der Waals surface area (Å²) in [6.45, 7) is 0. The van der Waals surface area contributed by atoms with Crippen molar-refractivity contribution in [1.29, 1.82) is 0 Å². The molecule has 0 aliphatic heterocycles. The van der Waals surface area contributed by atoms with Crippen molar-refractivity contribution in [1.82, 2.24) is 34.9 Å². The van der Waals surface area contributed by atoms with Gasteiger partial charge in [-0.3, -0.25) is 5.10 Å². The first kappa shape index (κ1) is 20.2. The zero-order valence-electron chi connectivity index (χ0n) is 15.9. The number of methoxy groups -OCH3 is 2. The van der Waals surface area contributed by atoms with Crippen LogP contribution >= 0.6 is 11.6 Å². The Balaban J connectivity index is 1.98. The number of H-pyrrole nitrogens is 2. The predicted molar refractivity (Wildman–Crippen MR) is 101 cm³/mol. The fraction of sp³-hybridized carbons (Fsp3) is 0.294. The summed E-state index contributed by atoms with van der Waals surface area (Å²) in [5.41, 5.74) is 2.78. The number of pyridine rings is 1. The van der Waals surface area contributed by atoms with Gasteiger partial charge in [0.05, 0.1) is 24.5 Å². The Morgan fingerprint density at radius 1 is 1.23 bits per heavy atom. The summed E-state index contributed by atoms with van der Waals surface area (Å²) >= 11 is 6.23. The maximum atomic E-state index is 13.2. The van der Waals surface area contributed by atoms with Crippen LogP contribution in [0.25, 0.3) is 33.7 Å². The fourth-order valence-electron chi connectivity index (χ4n) is 3.28. The maximum absolute atomic E-state index is 13.2. The summed E-state index contributed by atoms with van der Waals surface area (Å²) in [6.07, 6.45) is -3.70. The molecule has 0 radical (unpaired) electrons. The van der Waals surface area contributed by atoms with Gasteiger partial charge >= 0.3 is 6.18 Å². The molecule has 4 aromatic rings. The first-order valence-electron chi connectivity index (χ1n) is 8.50. The Bertz CT molecular complexity index is 1200. The van der Waals surface area contributed by atoms with E-state index in [1.54, 1.807) is 30.1 Å². The molecule has 0 aromatic carbocycles. The maximum Gasteiger partial charge on any atom is 0.422 e. The molecule has 4 aromatic heterocycles. The molecule has 0 aliphatic rings. The highest BCUT2D eigenvalue weighted by Crippen LogP contribution is 2.41. The minimum atomic E-state index is -4.65. The topological polar surface area (TPSA) is 107 Å². The lowest BCUT2D eigenvalue weighted by atomic mass is 10.1. The van der Waals surface area contributed by atoms with Gasteiger partial charge in [0.15, 0.2) is 11.6 Å². The lowest BCUT2D eigenvalue weighted by Gasteiger charge is -2.15. The third kappa shape index (κ3) is 3.17. The van der Waals surface area contributed by atoms with Gasteiger partial charge in [0.25, 0.3) is 0 Å². The molecule has 4 heterocycles. The van der Waals surface area contributed by atoms with E-state index in [1.165, 1.54) is 7.11 Å². The number of rotatable bonds is 5. The number of alkyl halides is 3. The normalized spacial score (nSPS) is 13.2. The Hall–Kier alpha value is -3.12. The second-order valence-electron chi connectivity index (χ2n) is 6.33. The molecule has 1 atom stereocenters. The molecule has 9 nitrogen and oxygen atoms in total. The van der Waals surface area contributed by atoms with E-state index in [0.717, 1.165) is 7.11 Å². The van der Waals surface area contributed by atoms with Crippen molar-refractivity contribution < 1.29 is 22.6 Å². The molecule has 13 heteroatoms. The van der Waals surface area contributed by atoms with Crippen molar-refractivity contribution in [3.63, 3.8) is 0 Å². The first-order valence-corrected chi connectivity index (χ1v) is 8.88. The van der Waals surface area contributed by atoms with Gasteiger partial charge in [0.1, 0.15) is 10.5 Å². The molecule has 0 spiro atoms. The SMILES string of the molecule is COc1nc2c(-c3cn[nH]c3)c(-c3nnc([C@@H](OC)C(F)(F)F)[nH]3)n(C)c2cc1Cl. The Morgan fingerprint density at radius 3 is 2.60 bits per heavy atom. The Kier molecular flexibility index (Phi) is 4.90. The van der Waals surface area contributed by atoms with Crippen LogP contribution in [0.3, 0.4) is 0 Å². The van der Waals surface area contributed by atoms with Crippen molar-refractivity contribution in [2.75, 3.05) is 14.2 Å². The molecule has 0 unspecified atom stereocenters. The van der Waals surface area contributed by atoms with E-state index >= 15 is 0 Å². The van der Waals surface area contributed by atoms with Gasteiger partial charge in [-0.05, 0) is 6.07 Å². The molecule has 158 valence electrons. The Labute approximate surface area is 172 Å². The molecule has 4 rings (SSSR count). The molecule has 0 amide bonds. The van der Waals surface area contributed by atoms with Crippen LogP contribution in [0.1, 0.15) is 11.9 Å². The van der Waals surface area contributed by atoms with Gasteiger partial charge in [-0.2, -0.15) is 18.3 Å². The lowest BCUT2D eigenvalue weighted by molar-refractivity contribution is -0.218. The van der Waals surface area contributed by atoms with Crippen molar-refractivity contribution in [2.45, 2.75) is 12.3 Å². The number of nitrogens with zero attached hydrogens (tertiary/aromatic N) is 5. The van der Waals surface area contributed by atoms with E-state index in [-0.39, 0.29) is 16.7 Å². The quantitative estimate of drug-likeness (QED) is 0.489. The van der Waals surface area contributed by atoms with Crippen molar-refractivity contribution in [2.24, 2.45) is 7.05 Å². The number of aromatic nitrogens is 7. The van der Waals surface area contributed by atoms with Crippen LogP contribution in [-0.4, -0.2) is 55.3 Å². The van der Waals surface area contributed by atoms with Crippen molar-refractivity contribution in [3.05, 3.63) is 29.3 Å². The largest absolute Gasteiger partial charge is 0.480 e. The lowest BCUT2D eigenvalue weighted by Crippen LogP contribution is -2.23. The zero-order chi connectivity index (χ0) is 21.6. The summed E-state index contributed by atoms with van der Waals surface area (Å²) in [6, 6.07) is 1.65. The number of halogens is 4. The van der Waals surface area contributed by atoms with Gasteiger partial charge in [-0.15, -0.1) is 10.2 Å². The van der Waals surface area contributed by atoms with Crippen molar-refractivity contribution >= 4 is 22.6 Å². The van der Waals surface area contributed by atoms with E-state index in [2.05, 4.69) is 35.1 Å². The number of aryl methyl sites for hydroxylation is 1. The van der Waals surface area contributed by atoms with Gasteiger partial charge in [-0.1, -0.05) is 11.6 Å². The zero-order valence-corrected chi connectivity index (χ0v) is 16.6. The minimum absolute atomic E-state index is 0.100. The number of hydrogen-bond donors (Lipinski definition) is 2. The van der Waals surface area contributed by atoms with E-state index < -0.39 is 18.1 Å². The van der Waals surface area contributed by atoms with E-state index in [9.17, 15) is 13.2 Å². The van der Waals surface area contributed by atoms with E-state index in [0.29, 0.717) is 27.9 Å². The summed E-state index contributed by atoms with van der Waals surface area (Å²) in [5.74, 6) is -0.157. The summed E-state index contributed by atoms with van der Waals surface area (Å²) in [5, 5.41) is 14.5. The number of nitrogens with one attached hydrogen (secondary N) is 2. The van der Waals surface area contributed by atoms with Gasteiger partial charge in [-0.25, -0.2) is 4.98 Å². The molecular formula is C17H15ClF3N7O2. The van der Waals surface area contributed by atoms with Crippen LogP contribution in [-0.2, 0) is 11.8 Å². The molecule has 0 bridgehead atoms. The number of fused-ring (bicyclic) bond motifs is 1. The smallest absolute Gasteiger partial charge is 0.422 e. The molecule has 0 saturated heterocycles. The minimum Gasteiger partial charge on any atom is -0.480 e. The highest BCUT2D eigenvalue weighted by molar-refractivity contribution is 6.32. The van der Waals surface area contributed by atoms with Crippen LogP contribution in [0.2, 0.25) is 5.02 Å². The monoisotopic (exact) mass is 441 g/mol. The average Bonchev–Trinajstić information content (AvgIpc) is 3.41. The number of ether oxygens (including phenoxy) is 2. The van der Waals surface area contributed by atoms with E-state index in [1.807, 2.05) is 0 Å². The third-order valence-electron chi connectivity index (χ3n) is 4.58. The molecule has 2 N–H and O–H groups in total. The first-order chi connectivity index (χ1) is 14.3. The summed E-state index contributed by atoms with van der Waals surface area (Å²) in [4.78, 5) is 7.09. The second kappa shape index (κ2) is 7.29. The van der Waals surface area contributed by atoms with E-state index in [4.69, 9.17) is 16.3 Å². The molecule has 30 heavy (non-hydrogen) atoms. The average molecular weight is 442 g/mol. The third-order valence-corrected chi connectivity index (χ3v) is 4.85. The van der Waals surface area contributed by atoms with Gasteiger partial charge in [0.2, 0.25) is 12.0 Å². The second-order valence-corrected chi connectivity index (χ2v) is 6.74. The van der Waals surface area contributed by atoms with Crippen LogP contribution in [0.4, 0.5) is 13.2 Å². The Morgan fingerprint density at radius 2 is 2.00 bits per heavy atom. The van der Waals surface area contributed by atoms with Gasteiger partial charge in [0, 0.05) is 31.5 Å². The number of hydrogen-bond acceptors (Lipinski definition) is 6. The molecule has 0 aliphatic carbocycles. The van der Waals surface area contributed by atoms with Crippen LogP contribution in [0.5, 0.6) is 5.88 Å². The van der Waals surface area contributed by atoms with Crippen LogP contribution in [0.15, 0.2) is 18.5 Å². The van der Waals surface area contributed by atoms with Gasteiger partial charge < -0.3 is 19.0 Å². The summed E-state index contributed by atoms with van der Waals surface area (Å²) < 4.78 is 51.2. The molecule has 0 saturated carbocycles. The molecule has 0 fully saturated rings. The number of aromatic amines is 2. The highest BCUT2D eigenvalue weighted by atomic mass is 35.5.